The van der Waals surface area contributed by atoms with Crippen LogP contribution < -0.4 is 9.47 Å². The summed E-state index contributed by atoms with van der Waals surface area (Å²) in [4.78, 5) is 36.5. The molecule has 1 aliphatic rings. The summed E-state index contributed by atoms with van der Waals surface area (Å²) in [6, 6.07) is 17.5. The number of allylic oxidation sites excluding steroid dienone is 1. The Balaban J connectivity index is 1.52. The smallest absolute Gasteiger partial charge is 0.343 e. The van der Waals surface area contributed by atoms with Crippen LogP contribution in [0.5, 0.6) is 11.5 Å². The lowest BCUT2D eigenvalue weighted by Crippen LogP contribution is -2.08. The van der Waals surface area contributed by atoms with Gasteiger partial charge in [-0.15, -0.1) is 0 Å². The van der Waals surface area contributed by atoms with Crippen LogP contribution in [-0.2, 0) is 4.74 Å². The standard InChI is InChI=1S/C24H15ClO6/c1-29-23(27)15-7-5-14(6-8-15)11-21-22(26)19-10-9-18(13-20(19)31-21)30-24(28)16-3-2-4-17(25)12-16/h2-13H,1H3/b21-11-. The highest BCUT2D eigenvalue weighted by atomic mass is 35.5. The van der Waals surface area contributed by atoms with Gasteiger partial charge in [0.1, 0.15) is 11.5 Å². The molecule has 0 saturated heterocycles. The predicted molar refractivity (Wildman–Crippen MR) is 114 cm³/mol. The molecule has 6 nitrogen and oxygen atoms in total. The Morgan fingerprint density at radius 2 is 1.71 bits per heavy atom. The Kier molecular flexibility index (Phi) is 5.56. The van der Waals surface area contributed by atoms with Crippen LogP contribution in [-0.4, -0.2) is 24.8 Å². The van der Waals surface area contributed by atoms with Crippen molar-refractivity contribution in [1.82, 2.24) is 0 Å². The first-order valence-electron chi connectivity index (χ1n) is 9.19. The fraction of sp³-hybridized carbons (Fsp3) is 0.0417. The van der Waals surface area contributed by atoms with Crippen LogP contribution >= 0.6 is 11.6 Å². The maximum atomic E-state index is 12.6. The van der Waals surface area contributed by atoms with Gasteiger partial charge < -0.3 is 14.2 Å². The zero-order chi connectivity index (χ0) is 22.0. The molecular weight excluding hydrogens is 420 g/mol. The number of benzene rings is 3. The summed E-state index contributed by atoms with van der Waals surface area (Å²) in [6.45, 7) is 0. The number of methoxy groups -OCH3 is 1. The first kappa shape index (κ1) is 20.4. The van der Waals surface area contributed by atoms with E-state index in [0.29, 0.717) is 33.0 Å². The highest BCUT2D eigenvalue weighted by molar-refractivity contribution is 6.30. The number of rotatable bonds is 4. The van der Waals surface area contributed by atoms with E-state index >= 15 is 0 Å². The highest BCUT2D eigenvalue weighted by Crippen LogP contribution is 2.35. The minimum atomic E-state index is -0.576. The summed E-state index contributed by atoms with van der Waals surface area (Å²) in [5, 5.41) is 0.423. The number of ether oxygens (including phenoxy) is 3. The summed E-state index contributed by atoms with van der Waals surface area (Å²) in [5.41, 5.74) is 1.75. The van der Waals surface area contributed by atoms with Gasteiger partial charge in [0.05, 0.1) is 23.8 Å². The molecule has 154 valence electrons. The molecule has 0 aromatic heterocycles. The molecule has 0 spiro atoms. The molecule has 31 heavy (non-hydrogen) atoms. The number of Topliss-reactive ketones (excluding diaryl/α,β-unsaturated/α-hetero) is 1. The second-order valence-electron chi connectivity index (χ2n) is 6.61. The molecule has 0 bridgehead atoms. The highest BCUT2D eigenvalue weighted by Gasteiger charge is 2.28. The van der Waals surface area contributed by atoms with Crippen LogP contribution in [0.3, 0.4) is 0 Å². The van der Waals surface area contributed by atoms with Crippen LogP contribution in [0.4, 0.5) is 0 Å². The van der Waals surface area contributed by atoms with Crippen LogP contribution in [0, 0.1) is 0 Å². The fourth-order valence-electron chi connectivity index (χ4n) is 3.00. The summed E-state index contributed by atoms with van der Waals surface area (Å²) in [7, 11) is 1.31. The Morgan fingerprint density at radius 1 is 0.935 bits per heavy atom. The van der Waals surface area contributed by atoms with Crippen LogP contribution in [0.15, 0.2) is 72.5 Å². The molecule has 3 aromatic carbocycles. The fourth-order valence-corrected chi connectivity index (χ4v) is 3.19. The van der Waals surface area contributed by atoms with Gasteiger partial charge in [-0.05, 0) is 54.1 Å². The molecule has 0 amide bonds. The number of ketones is 1. The molecule has 0 saturated carbocycles. The zero-order valence-electron chi connectivity index (χ0n) is 16.3. The number of carbonyl (C=O) groups excluding carboxylic acids is 3. The van der Waals surface area contributed by atoms with Crippen molar-refractivity contribution in [2.45, 2.75) is 0 Å². The number of hydrogen-bond acceptors (Lipinski definition) is 6. The van der Waals surface area contributed by atoms with Gasteiger partial charge in [0.2, 0.25) is 5.78 Å². The van der Waals surface area contributed by atoms with E-state index in [2.05, 4.69) is 4.74 Å². The molecule has 0 aliphatic carbocycles. The van der Waals surface area contributed by atoms with E-state index in [-0.39, 0.29) is 17.3 Å². The first-order chi connectivity index (χ1) is 14.9. The lowest BCUT2D eigenvalue weighted by Gasteiger charge is -2.06. The molecule has 0 atom stereocenters. The van der Waals surface area contributed by atoms with E-state index < -0.39 is 11.9 Å². The van der Waals surface area contributed by atoms with Crippen LogP contribution in [0.1, 0.15) is 36.6 Å². The third-order valence-electron chi connectivity index (χ3n) is 4.54. The van der Waals surface area contributed by atoms with Gasteiger partial charge in [-0.3, -0.25) is 4.79 Å². The lowest BCUT2D eigenvalue weighted by molar-refractivity contribution is 0.0600. The van der Waals surface area contributed by atoms with Gasteiger partial charge in [0.15, 0.2) is 5.76 Å². The number of carbonyl (C=O) groups is 3. The molecule has 0 fully saturated rings. The van der Waals surface area contributed by atoms with E-state index in [1.165, 1.54) is 25.3 Å². The average Bonchev–Trinajstić information content (AvgIpc) is 3.08. The van der Waals surface area contributed by atoms with Crippen molar-refractivity contribution >= 4 is 35.4 Å². The number of fused-ring (bicyclic) bond motifs is 1. The maximum absolute atomic E-state index is 12.6. The van der Waals surface area contributed by atoms with Gasteiger partial charge in [-0.1, -0.05) is 29.8 Å². The second kappa shape index (κ2) is 8.45. The van der Waals surface area contributed by atoms with E-state index in [9.17, 15) is 14.4 Å². The van der Waals surface area contributed by atoms with Crippen molar-refractivity contribution in [3.8, 4) is 11.5 Å². The second-order valence-corrected chi connectivity index (χ2v) is 7.05. The Labute approximate surface area is 182 Å². The number of hydrogen-bond donors (Lipinski definition) is 0. The summed E-state index contributed by atoms with van der Waals surface area (Å²) >= 11 is 5.90. The molecule has 0 unspecified atom stereocenters. The summed E-state index contributed by atoms with van der Waals surface area (Å²) in [5.74, 6) is -0.661. The maximum Gasteiger partial charge on any atom is 0.343 e. The van der Waals surface area contributed by atoms with Crippen molar-refractivity contribution in [3.63, 3.8) is 0 Å². The quantitative estimate of drug-likeness (QED) is 0.328. The van der Waals surface area contributed by atoms with Crippen molar-refractivity contribution in [2.75, 3.05) is 7.11 Å². The first-order valence-corrected chi connectivity index (χ1v) is 9.57. The van der Waals surface area contributed by atoms with E-state index in [1.54, 1.807) is 54.6 Å². The Bertz CT molecular complexity index is 1230. The molecule has 1 aliphatic heterocycles. The van der Waals surface area contributed by atoms with Gasteiger partial charge in [-0.25, -0.2) is 9.59 Å². The third kappa shape index (κ3) is 4.34. The third-order valence-corrected chi connectivity index (χ3v) is 4.78. The van der Waals surface area contributed by atoms with Gasteiger partial charge in [0.25, 0.3) is 0 Å². The Hall–Kier alpha value is -3.90. The lowest BCUT2D eigenvalue weighted by atomic mass is 10.1. The monoisotopic (exact) mass is 434 g/mol. The molecule has 0 radical (unpaired) electrons. The molecule has 1 heterocycles. The Morgan fingerprint density at radius 3 is 2.42 bits per heavy atom. The van der Waals surface area contributed by atoms with Crippen LogP contribution in [0.2, 0.25) is 5.02 Å². The molecule has 4 rings (SSSR count). The van der Waals surface area contributed by atoms with E-state index in [1.807, 2.05) is 0 Å². The summed E-state index contributed by atoms with van der Waals surface area (Å²) in [6.07, 6.45) is 1.57. The molecule has 7 heteroatoms. The minimum absolute atomic E-state index is 0.124. The molecule has 3 aromatic rings. The zero-order valence-corrected chi connectivity index (χ0v) is 17.0. The predicted octanol–water partition coefficient (Wildman–Crippen LogP) is 4.96. The van der Waals surface area contributed by atoms with Crippen molar-refractivity contribution in [2.24, 2.45) is 0 Å². The van der Waals surface area contributed by atoms with E-state index in [4.69, 9.17) is 21.1 Å². The van der Waals surface area contributed by atoms with E-state index in [0.717, 1.165) is 0 Å². The number of esters is 2. The SMILES string of the molecule is COC(=O)c1ccc(/C=C2\Oc3cc(OC(=O)c4cccc(Cl)c4)ccc3C2=O)cc1. The molecule has 0 N–H and O–H groups in total. The normalized spacial score (nSPS) is 13.5. The van der Waals surface area contributed by atoms with Gasteiger partial charge >= 0.3 is 11.9 Å². The van der Waals surface area contributed by atoms with Gasteiger partial charge in [0, 0.05) is 11.1 Å². The van der Waals surface area contributed by atoms with Crippen molar-refractivity contribution in [1.29, 1.82) is 0 Å². The number of halogens is 1. The largest absolute Gasteiger partial charge is 0.465 e. The van der Waals surface area contributed by atoms with Crippen LogP contribution in [0.25, 0.3) is 6.08 Å². The van der Waals surface area contributed by atoms with Gasteiger partial charge in [-0.2, -0.15) is 0 Å². The summed E-state index contributed by atoms with van der Waals surface area (Å²) < 4.78 is 15.7. The average molecular weight is 435 g/mol. The minimum Gasteiger partial charge on any atom is -0.465 e. The molecular formula is C24H15ClO6. The topological polar surface area (TPSA) is 78.9 Å². The van der Waals surface area contributed by atoms with Crippen molar-refractivity contribution in [3.05, 3.63) is 99.8 Å². The van der Waals surface area contributed by atoms with Crippen molar-refractivity contribution < 1.29 is 28.6 Å².